The lowest BCUT2D eigenvalue weighted by Crippen LogP contribution is -2.30. The summed E-state index contributed by atoms with van der Waals surface area (Å²) in [4.78, 5) is 13.2. The van der Waals surface area contributed by atoms with Gasteiger partial charge in [-0.25, -0.2) is 9.07 Å². The van der Waals surface area contributed by atoms with Crippen LogP contribution in [0.25, 0.3) is 16.9 Å². The summed E-state index contributed by atoms with van der Waals surface area (Å²) < 4.78 is 28.2. The lowest BCUT2D eigenvalue weighted by Gasteiger charge is -2.26. The third kappa shape index (κ3) is 3.33. The van der Waals surface area contributed by atoms with E-state index in [1.165, 1.54) is 6.07 Å². The number of anilines is 1. The molecule has 0 radical (unpaired) electrons. The number of hydrogen-bond acceptors (Lipinski definition) is 4. The van der Waals surface area contributed by atoms with Gasteiger partial charge in [-0.3, -0.25) is 4.79 Å². The Balaban J connectivity index is 1.50. The van der Waals surface area contributed by atoms with Crippen LogP contribution in [-0.2, 0) is 14.9 Å². The van der Waals surface area contributed by atoms with Gasteiger partial charge in [0.2, 0.25) is 5.91 Å². The van der Waals surface area contributed by atoms with Crippen molar-refractivity contribution in [2.75, 3.05) is 18.5 Å². The zero-order valence-electron chi connectivity index (χ0n) is 18.4. The number of carbonyl (C=O) groups excluding carboxylic acids is 1. The van der Waals surface area contributed by atoms with Crippen molar-refractivity contribution in [2.24, 2.45) is 0 Å². The number of hydrogen-bond donors (Lipinski definition) is 1. The average molecular weight is 448 g/mol. The minimum atomic E-state index is -0.512. The van der Waals surface area contributed by atoms with Gasteiger partial charge in [0.1, 0.15) is 23.4 Å². The van der Waals surface area contributed by atoms with E-state index in [0.717, 1.165) is 61.0 Å². The predicted octanol–water partition coefficient (Wildman–Crippen LogP) is 5.00. The molecule has 3 aliphatic rings. The molecular weight excluding hydrogens is 421 g/mol. The van der Waals surface area contributed by atoms with E-state index in [1.54, 1.807) is 29.1 Å². The summed E-state index contributed by atoms with van der Waals surface area (Å²) >= 11 is 0. The molecule has 3 heterocycles. The molecule has 1 aliphatic carbocycles. The summed E-state index contributed by atoms with van der Waals surface area (Å²) in [5.41, 5.74) is 3.27. The fourth-order valence-corrected chi connectivity index (χ4v) is 5.50. The van der Waals surface area contributed by atoms with Crippen LogP contribution in [0.2, 0.25) is 0 Å². The molecule has 0 bridgehead atoms. The van der Waals surface area contributed by atoms with Crippen LogP contribution >= 0.6 is 0 Å². The van der Waals surface area contributed by atoms with Crippen molar-refractivity contribution in [3.63, 3.8) is 0 Å². The Bertz CT molecular complexity index is 1210. The number of nitrogens with zero attached hydrogens (tertiary/aromatic N) is 2. The van der Waals surface area contributed by atoms with E-state index in [9.17, 15) is 9.18 Å². The summed E-state index contributed by atoms with van der Waals surface area (Å²) in [6.45, 7) is 1.34. The maximum atomic E-state index is 14.6. The number of aromatic nitrogens is 2. The Hall–Kier alpha value is -3.19. The number of ether oxygens (including phenoxy) is 2. The van der Waals surface area contributed by atoms with Crippen LogP contribution in [0, 0.1) is 5.82 Å². The largest absolute Gasteiger partial charge is 0.488 e. The van der Waals surface area contributed by atoms with Crippen molar-refractivity contribution in [3.05, 3.63) is 60.0 Å². The second-order valence-corrected chi connectivity index (χ2v) is 9.15. The smallest absolute Gasteiger partial charge is 0.235 e. The maximum Gasteiger partial charge on any atom is 0.235 e. The molecule has 1 saturated heterocycles. The van der Waals surface area contributed by atoms with Gasteiger partial charge in [-0.2, -0.15) is 5.10 Å². The van der Waals surface area contributed by atoms with E-state index in [-0.39, 0.29) is 17.8 Å². The van der Waals surface area contributed by atoms with Gasteiger partial charge in [-0.05, 0) is 48.7 Å². The number of amides is 1. The molecule has 2 fully saturated rings. The first-order valence-corrected chi connectivity index (χ1v) is 11.7. The summed E-state index contributed by atoms with van der Waals surface area (Å²) in [7, 11) is 0. The number of para-hydroxylation sites is 1. The van der Waals surface area contributed by atoms with Crippen molar-refractivity contribution in [2.45, 2.75) is 50.0 Å². The lowest BCUT2D eigenvalue weighted by atomic mass is 9.79. The van der Waals surface area contributed by atoms with E-state index in [1.807, 2.05) is 12.1 Å². The van der Waals surface area contributed by atoms with Crippen molar-refractivity contribution in [3.8, 4) is 22.7 Å². The topological polar surface area (TPSA) is 65.4 Å². The molecule has 1 saturated carbocycles. The number of rotatable bonds is 4. The molecule has 0 atom stereocenters. The van der Waals surface area contributed by atoms with Gasteiger partial charge in [0.15, 0.2) is 0 Å². The molecule has 2 aliphatic heterocycles. The van der Waals surface area contributed by atoms with Gasteiger partial charge >= 0.3 is 0 Å². The summed E-state index contributed by atoms with van der Waals surface area (Å²) in [6.07, 6.45) is 7.04. The maximum absolute atomic E-state index is 14.6. The van der Waals surface area contributed by atoms with Crippen LogP contribution in [0.1, 0.15) is 44.1 Å². The van der Waals surface area contributed by atoms with Crippen LogP contribution in [0.3, 0.4) is 0 Å². The Morgan fingerprint density at radius 3 is 2.70 bits per heavy atom. The minimum absolute atomic E-state index is 0.0339. The molecule has 0 unspecified atom stereocenters. The van der Waals surface area contributed by atoms with E-state index in [4.69, 9.17) is 9.47 Å². The number of nitrogens with one attached hydrogen (secondary N) is 1. The van der Waals surface area contributed by atoms with Crippen LogP contribution in [-0.4, -0.2) is 35.0 Å². The zero-order chi connectivity index (χ0) is 22.4. The van der Waals surface area contributed by atoms with E-state index < -0.39 is 5.41 Å². The highest BCUT2D eigenvalue weighted by Gasteiger charge is 2.49. The van der Waals surface area contributed by atoms with Gasteiger partial charge in [0.05, 0.1) is 36.2 Å². The molecule has 6 nitrogen and oxygen atoms in total. The van der Waals surface area contributed by atoms with E-state index in [2.05, 4.69) is 16.5 Å². The zero-order valence-corrected chi connectivity index (χ0v) is 18.4. The van der Waals surface area contributed by atoms with Crippen LogP contribution < -0.4 is 10.1 Å². The van der Waals surface area contributed by atoms with Crippen molar-refractivity contribution < 1.29 is 18.7 Å². The van der Waals surface area contributed by atoms with Crippen LogP contribution in [0.5, 0.6) is 5.75 Å². The third-order valence-corrected chi connectivity index (χ3v) is 7.23. The first-order chi connectivity index (χ1) is 16.2. The Morgan fingerprint density at radius 2 is 1.91 bits per heavy atom. The highest BCUT2D eigenvalue weighted by atomic mass is 19.1. The molecular formula is C26H26FN3O3. The second-order valence-electron chi connectivity index (χ2n) is 9.15. The molecule has 1 spiro atoms. The molecule has 3 aromatic rings. The fraction of sp³-hybridized carbons (Fsp3) is 0.385. The van der Waals surface area contributed by atoms with Gasteiger partial charge in [-0.15, -0.1) is 0 Å². The average Bonchev–Trinajstić information content (AvgIpc) is 3.57. The van der Waals surface area contributed by atoms with Gasteiger partial charge < -0.3 is 14.8 Å². The van der Waals surface area contributed by atoms with Gasteiger partial charge in [0, 0.05) is 18.4 Å². The predicted molar refractivity (Wildman–Crippen MR) is 122 cm³/mol. The Kier molecular flexibility index (Phi) is 4.94. The molecule has 170 valence electrons. The summed E-state index contributed by atoms with van der Waals surface area (Å²) in [5, 5.41) is 7.54. The number of fused-ring (bicyclic) bond motifs is 2. The monoisotopic (exact) mass is 447 g/mol. The lowest BCUT2D eigenvalue weighted by molar-refractivity contribution is -0.120. The number of halogens is 1. The molecule has 1 amide bonds. The van der Waals surface area contributed by atoms with Crippen molar-refractivity contribution in [1.82, 2.24) is 9.78 Å². The Labute approximate surface area is 191 Å². The SMILES string of the molecule is O=C1Nc2c(OC3CCOCC3)cc(-c3ccnn3-c3ccccc3F)cc2C12CCCC2. The van der Waals surface area contributed by atoms with Crippen molar-refractivity contribution >= 4 is 11.6 Å². The molecule has 33 heavy (non-hydrogen) atoms. The first kappa shape index (κ1) is 20.4. The van der Waals surface area contributed by atoms with Gasteiger partial charge in [0.25, 0.3) is 0 Å². The summed E-state index contributed by atoms with van der Waals surface area (Å²) in [6, 6.07) is 12.5. The standard InChI is InChI=1S/C26H26FN3O3/c27-20-5-1-2-6-22(20)30-21(7-12-28-30)17-15-19-24(29-25(31)26(19)10-3-4-11-26)23(16-17)33-18-8-13-32-14-9-18/h1-2,5-7,12,15-16,18H,3-4,8-11,13-14H2,(H,29,31). The third-order valence-electron chi connectivity index (χ3n) is 7.23. The van der Waals surface area contributed by atoms with Crippen LogP contribution in [0.4, 0.5) is 10.1 Å². The normalized spacial score (nSPS) is 19.6. The highest BCUT2D eigenvalue weighted by Crippen LogP contribution is 2.53. The molecule has 1 N–H and O–H groups in total. The highest BCUT2D eigenvalue weighted by molar-refractivity contribution is 6.08. The first-order valence-electron chi connectivity index (χ1n) is 11.7. The molecule has 6 rings (SSSR count). The summed E-state index contributed by atoms with van der Waals surface area (Å²) in [5.74, 6) is 0.394. The number of benzene rings is 2. The van der Waals surface area contributed by atoms with E-state index >= 15 is 0 Å². The second kappa shape index (κ2) is 7.99. The molecule has 7 heteroatoms. The fourth-order valence-electron chi connectivity index (χ4n) is 5.50. The van der Waals surface area contributed by atoms with Crippen LogP contribution in [0.15, 0.2) is 48.7 Å². The minimum Gasteiger partial charge on any atom is -0.488 e. The molecule has 1 aromatic heterocycles. The molecule has 2 aromatic carbocycles. The quantitative estimate of drug-likeness (QED) is 0.611. The van der Waals surface area contributed by atoms with Crippen molar-refractivity contribution in [1.29, 1.82) is 0 Å². The number of carbonyl (C=O) groups is 1. The van der Waals surface area contributed by atoms with Gasteiger partial charge in [-0.1, -0.05) is 25.0 Å². The van der Waals surface area contributed by atoms with E-state index in [0.29, 0.717) is 24.7 Å². The Morgan fingerprint density at radius 1 is 1.12 bits per heavy atom.